The third-order valence-corrected chi connectivity index (χ3v) is 3.69. The van der Waals surface area contributed by atoms with Crippen LogP contribution in [0.2, 0.25) is 0 Å². The van der Waals surface area contributed by atoms with E-state index in [4.69, 9.17) is 10.00 Å². The molecule has 2 rings (SSSR count). The highest BCUT2D eigenvalue weighted by Gasteiger charge is 2.10. The minimum Gasteiger partial charge on any atom is -0.383 e. The second kappa shape index (κ2) is 7.06. The molecule has 1 aromatic carbocycles. The quantitative estimate of drug-likeness (QED) is 0.851. The molecule has 0 radical (unpaired) electrons. The molecule has 0 aliphatic heterocycles. The highest BCUT2D eigenvalue weighted by atomic mass is 16.5. The number of nitrogens with zero attached hydrogens (tertiary/aromatic N) is 2. The molecule has 1 heterocycles. The smallest absolute Gasteiger partial charge is 0.269 e. The first-order valence-electron chi connectivity index (χ1n) is 7.31. The van der Waals surface area contributed by atoms with Crippen LogP contribution in [-0.4, -0.2) is 18.3 Å². The summed E-state index contributed by atoms with van der Waals surface area (Å²) in [5.41, 5.74) is 2.89. The lowest BCUT2D eigenvalue weighted by atomic mass is 10.0. The highest BCUT2D eigenvalue weighted by Crippen LogP contribution is 2.22. The average molecular weight is 296 g/mol. The van der Waals surface area contributed by atoms with Crippen molar-refractivity contribution in [1.82, 2.24) is 4.57 Å². The Morgan fingerprint density at radius 3 is 2.41 bits per heavy atom. The van der Waals surface area contributed by atoms with Crippen LogP contribution in [0.1, 0.15) is 30.9 Å². The van der Waals surface area contributed by atoms with Crippen molar-refractivity contribution in [3.8, 4) is 17.3 Å². The number of hydrogen-bond acceptors (Lipinski definition) is 3. The second-order valence-electron chi connectivity index (χ2n) is 5.47. The minimum absolute atomic E-state index is 0.152. The van der Waals surface area contributed by atoms with E-state index in [1.807, 2.05) is 24.3 Å². The Labute approximate surface area is 130 Å². The van der Waals surface area contributed by atoms with Crippen molar-refractivity contribution in [2.75, 3.05) is 13.7 Å². The molecule has 0 amide bonds. The number of pyridine rings is 1. The van der Waals surface area contributed by atoms with Gasteiger partial charge in [0.15, 0.2) is 0 Å². The van der Waals surface area contributed by atoms with Crippen LogP contribution in [0, 0.1) is 11.3 Å². The SMILES string of the molecule is COCCn1c(-c2ccc(C(C)C)cc2)ccc(C#N)c1=O. The summed E-state index contributed by atoms with van der Waals surface area (Å²) in [5, 5.41) is 9.03. The van der Waals surface area contributed by atoms with Gasteiger partial charge in [0, 0.05) is 13.7 Å². The van der Waals surface area contributed by atoms with Gasteiger partial charge in [0.2, 0.25) is 0 Å². The Bertz CT molecular complexity index is 737. The maximum atomic E-state index is 12.4. The summed E-state index contributed by atoms with van der Waals surface area (Å²) >= 11 is 0. The molecule has 0 aliphatic rings. The summed E-state index contributed by atoms with van der Waals surface area (Å²) in [6, 6.07) is 13.5. The molecule has 4 nitrogen and oxygen atoms in total. The molecule has 4 heteroatoms. The number of methoxy groups -OCH3 is 1. The Morgan fingerprint density at radius 1 is 1.18 bits per heavy atom. The monoisotopic (exact) mass is 296 g/mol. The molecule has 0 N–H and O–H groups in total. The van der Waals surface area contributed by atoms with Crippen LogP contribution in [0.15, 0.2) is 41.2 Å². The molecule has 1 aromatic heterocycles. The molecule has 0 bridgehead atoms. The summed E-state index contributed by atoms with van der Waals surface area (Å²) in [5.74, 6) is 0.464. The fraction of sp³-hybridized carbons (Fsp3) is 0.333. The number of aromatic nitrogens is 1. The van der Waals surface area contributed by atoms with E-state index in [1.54, 1.807) is 17.7 Å². The third-order valence-electron chi connectivity index (χ3n) is 3.69. The zero-order valence-electron chi connectivity index (χ0n) is 13.2. The van der Waals surface area contributed by atoms with Crippen molar-refractivity contribution in [1.29, 1.82) is 5.26 Å². The van der Waals surface area contributed by atoms with Crippen LogP contribution < -0.4 is 5.56 Å². The summed E-state index contributed by atoms with van der Waals surface area (Å²) in [6.45, 7) is 5.13. The molecule has 0 fully saturated rings. The number of benzene rings is 1. The molecule has 0 aliphatic carbocycles. The standard InChI is InChI=1S/C18H20N2O2/c1-13(2)14-4-6-15(7-5-14)17-9-8-16(12-19)18(21)20(17)10-11-22-3/h4-9,13H,10-11H2,1-3H3. The Hall–Kier alpha value is -2.38. The van der Waals surface area contributed by atoms with E-state index < -0.39 is 0 Å². The van der Waals surface area contributed by atoms with E-state index in [2.05, 4.69) is 26.0 Å². The summed E-state index contributed by atoms with van der Waals surface area (Å²) < 4.78 is 6.68. The molecular formula is C18H20N2O2. The Kier molecular flexibility index (Phi) is 5.13. The van der Waals surface area contributed by atoms with Gasteiger partial charge < -0.3 is 9.30 Å². The van der Waals surface area contributed by atoms with Gasteiger partial charge in [0.25, 0.3) is 5.56 Å². The van der Waals surface area contributed by atoms with Crippen molar-refractivity contribution in [2.24, 2.45) is 0 Å². The van der Waals surface area contributed by atoms with Gasteiger partial charge in [0.05, 0.1) is 12.3 Å². The lowest BCUT2D eigenvalue weighted by Crippen LogP contribution is -2.25. The van der Waals surface area contributed by atoms with Crippen LogP contribution >= 0.6 is 0 Å². The molecule has 0 saturated carbocycles. The van der Waals surface area contributed by atoms with Crippen molar-refractivity contribution in [2.45, 2.75) is 26.3 Å². The number of rotatable bonds is 5. The van der Waals surface area contributed by atoms with E-state index in [1.165, 1.54) is 5.56 Å². The molecular weight excluding hydrogens is 276 g/mol. The van der Waals surface area contributed by atoms with E-state index in [0.717, 1.165) is 11.3 Å². The normalized spacial score (nSPS) is 10.7. The van der Waals surface area contributed by atoms with Gasteiger partial charge in [-0.3, -0.25) is 4.79 Å². The predicted molar refractivity (Wildman–Crippen MR) is 86.8 cm³/mol. The maximum Gasteiger partial charge on any atom is 0.269 e. The fourth-order valence-electron chi connectivity index (χ4n) is 2.36. The number of hydrogen-bond donors (Lipinski definition) is 0. The van der Waals surface area contributed by atoms with Crippen LogP contribution in [0.3, 0.4) is 0 Å². The lowest BCUT2D eigenvalue weighted by molar-refractivity contribution is 0.186. The highest BCUT2D eigenvalue weighted by molar-refractivity contribution is 5.61. The topological polar surface area (TPSA) is 55.0 Å². The molecule has 0 atom stereocenters. The van der Waals surface area contributed by atoms with Crippen molar-refractivity contribution < 1.29 is 4.74 Å². The van der Waals surface area contributed by atoms with Gasteiger partial charge in [-0.25, -0.2) is 0 Å². The zero-order valence-corrected chi connectivity index (χ0v) is 13.2. The van der Waals surface area contributed by atoms with E-state index >= 15 is 0 Å². The first-order chi connectivity index (χ1) is 10.6. The van der Waals surface area contributed by atoms with Gasteiger partial charge in [0.1, 0.15) is 11.6 Å². The van der Waals surface area contributed by atoms with Crippen molar-refractivity contribution in [3.05, 3.63) is 57.9 Å². The molecule has 2 aromatic rings. The molecule has 0 spiro atoms. The molecule has 114 valence electrons. The van der Waals surface area contributed by atoms with Crippen LogP contribution in [-0.2, 0) is 11.3 Å². The van der Waals surface area contributed by atoms with Gasteiger partial charge in [-0.1, -0.05) is 38.1 Å². The Balaban J connectivity index is 2.52. The predicted octanol–water partition coefficient (Wildman–Crippen LogP) is 3.16. The van der Waals surface area contributed by atoms with Crippen molar-refractivity contribution >= 4 is 0 Å². The first-order valence-corrected chi connectivity index (χ1v) is 7.31. The van der Waals surface area contributed by atoms with Gasteiger partial charge in [-0.05, 0) is 29.2 Å². The van der Waals surface area contributed by atoms with Gasteiger partial charge in [-0.15, -0.1) is 0 Å². The summed E-state index contributed by atoms with van der Waals surface area (Å²) in [6.07, 6.45) is 0. The second-order valence-corrected chi connectivity index (χ2v) is 5.47. The fourth-order valence-corrected chi connectivity index (χ4v) is 2.36. The average Bonchev–Trinajstić information content (AvgIpc) is 2.53. The minimum atomic E-state index is -0.273. The lowest BCUT2D eigenvalue weighted by Gasteiger charge is -2.14. The maximum absolute atomic E-state index is 12.4. The first kappa shape index (κ1) is 16.0. The van der Waals surface area contributed by atoms with Gasteiger partial charge in [-0.2, -0.15) is 5.26 Å². The largest absolute Gasteiger partial charge is 0.383 e. The molecule has 22 heavy (non-hydrogen) atoms. The van der Waals surface area contributed by atoms with Crippen LogP contribution in [0.25, 0.3) is 11.3 Å². The summed E-state index contributed by atoms with van der Waals surface area (Å²) in [4.78, 5) is 12.4. The van der Waals surface area contributed by atoms with Crippen LogP contribution in [0.4, 0.5) is 0 Å². The summed E-state index contributed by atoms with van der Waals surface area (Å²) in [7, 11) is 1.59. The number of nitriles is 1. The third kappa shape index (κ3) is 3.26. The molecule has 0 saturated heterocycles. The van der Waals surface area contributed by atoms with Crippen molar-refractivity contribution in [3.63, 3.8) is 0 Å². The molecule has 0 unspecified atom stereocenters. The van der Waals surface area contributed by atoms with E-state index in [9.17, 15) is 4.79 Å². The van der Waals surface area contributed by atoms with Gasteiger partial charge >= 0.3 is 0 Å². The zero-order chi connectivity index (χ0) is 16.1. The Morgan fingerprint density at radius 2 is 1.86 bits per heavy atom. The van der Waals surface area contributed by atoms with Crippen LogP contribution in [0.5, 0.6) is 0 Å². The van der Waals surface area contributed by atoms with E-state index in [-0.39, 0.29) is 11.1 Å². The number of ether oxygens (including phenoxy) is 1. The van der Waals surface area contributed by atoms with E-state index in [0.29, 0.717) is 19.1 Å².